The fourth-order valence-electron chi connectivity index (χ4n) is 3.05. The van der Waals surface area contributed by atoms with Gasteiger partial charge in [0.1, 0.15) is 0 Å². The Morgan fingerprint density at radius 1 is 1.35 bits per heavy atom. The van der Waals surface area contributed by atoms with Crippen molar-refractivity contribution in [2.75, 3.05) is 5.73 Å². The summed E-state index contributed by atoms with van der Waals surface area (Å²) in [6.45, 7) is 7.19. The SMILES string of the molecule is C=C1C=CC=CC1C(C#N)c1ccc2nc(N)n(S(=O)(=O)C(C)C)c2c1. The lowest BCUT2D eigenvalue weighted by Crippen LogP contribution is -2.23. The number of nitriles is 1. The number of hydrogen-bond donors (Lipinski definition) is 1. The molecule has 0 fully saturated rings. The molecule has 2 atom stereocenters. The predicted molar refractivity (Wildman–Crippen MR) is 103 cm³/mol. The third kappa shape index (κ3) is 2.82. The van der Waals surface area contributed by atoms with E-state index in [0.29, 0.717) is 16.6 Å². The van der Waals surface area contributed by atoms with Crippen molar-refractivity contribution >= 4 is 27.0 Å². The molecule has 1 aliphatic rings. The van der Waals surface area contributed by atoms with E-state index in [-0.39, 0.29) is 11.9 Å². The zero-order chi connectivity index (χ0) is 19.1. The van der Waals surface area contributed by atoms with Crippen LogP contribution in [0.3, 0.4) is 0 Å². The monoisotopic (exact) mass is 368 g/mol. The van der Waals surface area contributed by atoms with Crippen molar-refractivity contribution in [3.05, 3.63) is 60.2 Å². The van der Waals surface area contributed by atoms with Crippen LogP contribution in [0.25, 0.3) is 11.0 Å². The molecule has 7 heteroatoms. The van der Waals surface area contributed by atoms with E-state index < -0.39 is 21.2 Å². The minimum absolute atomic E-state index is 0.0794. The molecular formula is C19H20N4O2S. The lowest BCUT2D eigenvalue weighted by atomic mass is 9.80. The van der Waals surface area contributed by atoms with E-state index in [1.54, 1.807) is 32.0 Å². The van der Waals surface area contributed by atoms with Crippen molar-refractivity contribution in [1.82, 2.24) is 8.96 Å². The fourth-order valence-corrected chi connectivity index (χ4v) is 4.19. The Kier molecular flexibility index (Phi) is 4.46. The molecule has 134 valence electrons. The average molecular weight is 368 g/mol. The molecule has 3 rings (SSSR count). The third-order valence-corrected chi connectivity index (χ3v) is 6.62. The minimum Gasteiger partial charge on any atom is -0.368 e. The third-order valence-electron chi connectivity index (χ3n) is 4.54. The summed E-state index contributed by atoms with van der Waals surface area (Å²) in [4.78, 5) is 4.15. The highest BCUT2D eigenvalue weighted by Crippen LogP contribution is 2.34. The van der Waals surface area contributed by atoms with Crippen LogP contribution < -0.4 is 5.73 Å². The van der Waals surface area contributed by atoms with Gasteiger partial charge in [-0.1, -0.05) is 36.9 Å². The average Bonchev–Trinajstić information content (AvgIpc) is 2.92. The quantitative estimate of drug-likeness (QED) is 0.893. The highest BCUT2D eigenvalue weighted by molar-refractivity contribution is 7.90. The summed E-state index contributed by atoms with van der Waals surface area (Å²) >= 11 is 0. The first kappa shape index (κ1) is 18.0. The summed E-state index contributed by atoms with van der Waals surface area (Å²) in [7, 11) is -3.67. The molecule has 0 saturated heterocycles. The Balaban J connectivity index is 2.18. The van der Waals surface area contributed by atoms with Crippen LogP contribution in [0.1, 0.15) is 25.3 Å². The van der Waals surface area contributed by atoms with Crippen molar-refractivity contribution in [1.29, 1.82) is 5.26 Å². The largest absolute Gasteiger partial charge is 0.368 e. The standard InChI is InChI=1S/C19H20N4O2S/c1-12(2)26(24,25)23-18-10-14(8-9-17(18)22-19(23)21)16(11-20)15-7-5-4-6-13(15)3/h4-10,12,15-16H,3H2,1-2H3,(H2,21,22). The maximum absolute atomic E-state index is 12.7. The van der Waals surface area contributed by atoms with Crippen LogP contribution in [0.4, 0.5) is 5.95 Å². The van der Waals surface area contributed by atoms with Crippen LogP contribution in [-0.4, -0.2) is 22.6 Å². The second kappa shape index (κ2) is 6.46. The van der Waals surface area contributed by atoms with E-state index in [4.69, 9.17) is 5.73 Å². The first-order chi connectivity index (χ1) is 12.3. The zero-order valence-corrected chi connectivity index (χ0v) is 15.4. The molecule has 0 amide bonds. The van der Waals surface area contributed by atoms with Crippen LogP contribution in [0.15, 0.2) is 54.7 Å². The highest BCUT2D eigenvalue weighted by atomic mass is 32.2. The number of nitrogens with two attached hydrogens (primary N) is 1. The number of benzene rings is 1. The van der Waals surface area contributed by atoms with Crippen molar-refractivity contribution in [3.63, 3.8) is 0 Å². The summed E-state index contributed by atoms with van der Waals surface area (Å²) in [5, 5.41) is 9.08. The van der Waals surface area contributed by atoms with Crippen molar-refractivity contribution in [2.24, 2.45) is 5.92 Å². The van der Waals surface area contributed by atoms with Crippen molar-refractivity contribution in [2.45, 2.75) is 25.0 Å². The zero-order valence-electron chi connectivity index (χ0n) is 14.6. The molecule has 1 aliphatic carbocycles. The first-order valence-corrected chi connectivity index (χ1v) is 9.73. The Morgan fingerprint density at radius 3 is 2.69 bits per heavy atom. The van der Waals surface area contributed by atoms with Gasteiger partial charge in [-0.25, -0.2) is 17.4 Å². The molecule has 2 N–H and O–H groups in total. The van der Waals surface area contributed by atoms with Crippen molar-refractivity contribution in [3.8, 4) is 6.07 Å². The maximum atomic E-state index is 12.7. The highest BCUT2D eigenvalue weighted by Gasteiger charge is 2.27. The Labute approximate surface area is 153 Å². The molecule has 26 heavy (non-hydrogen) atoms. The molecule has 1 aromatic carbocycles. The lowest BCUT2D eigenvalue weighted by Gasteiger charge is -2.21. The summed E-state index contributed by atoms with van der Waals surface area (Å²) < 4.78 is 26.4. The second-order valence-corrected chi connectivity index (χ2v) is 8.87. The molecular weight excluding hydrogens is 348 g/mol. The molecule has 0 radical (unpaired) electrons. The van der Waals surface area contributed by atoms with Gasteiger partial charge in [-0.05, 0) is 37.1 Å². The van der Waals surface area contributed by atoms with Gasteiger partial charge >= 0.3 is 0 Å². The fraction of sp³-hybridized carbons (Fsp3) is 0.263. The smallest absolute Gasteiger partial charge is 0.244 e. The van der Waals surface area contributed by atoms with Gasteiger partial charge in [-0.15, -0.1) is 0 Å². The number of rotatable bonds is 4. The lowest BCUT2D eigenvalue weighted by molar-refractivity contribution is 0.580. The van der Waals surface area contributed by atoms with E-state index in [0.717, 1.165) is 9.55 Å². The molecule has 1 heterocycles. The van der Waals surface area contributed by atoms with Crippen LogP contribution in [0.5, 0.6) is 0 Å². The molecule has 1 aromatic heterocycles. The van der Waals surface area contributed by atoms with Gasteiger partial charge < -0.3 is 5.73 Å². The Morgan fingerprint density at radius 2 is 2.08 bits per heavy atom. The van der Waals surface area contributed by atoms with Gasteiger partial charge in [0, 0.05) is 5.92 Å². The van der Waals surface area contributed by atoms with Gasteiger partial charge in [0.05, 0.1) is 28.3 Å². The van der Waals surface area contributed by atoms with Gasteiger partial charge in [0.2, 0.25) is 16.0 Å². The van der Waals surface area contributed by atoms with Crippen LogP contribution >= 0.6 is 0 Å². The normalized spacial score (nSPS) is 18.4. The minimum atomic E-state index is -3.67. The molecule has 0 bridgehead atoms. The number of aromatic nitrogens is 2. The number of nitrogens with zero attached hydrogens (tertiary/aromatic N) is 3. The summed E-state index contributed by atoms with van der Waals surface area (Å²) in [6, 6.07) is 7.48. The molecule has 0 spiro atoms. The second-order valence-electron chi connectivity index (χ2n) is 6.53. The van der Waals surface area contributed by atoms with Crippen LogP contribution in [0, 0.1) is 17.2 Å². The maximum Gasteiger partial charge on any atom is 0.244 e. The van der Waals surface area contributed by atoms with Gasteiger partial charge in [-0.3, -0.25) is 0 Å². The molecule has 0 aliphatic heterocycles. The summed E-state index contributed by atoms with van der Waals surface area (Å²) in [5.41, 5.74) is 8.27. The topological polar surface area (TPSA) is 102 Å². The number of allylic oxidation sites excluding steroid dienone is 5. The first-order valence-electron chi connectivity index (χ1n) is 8.23. The molecule has 6 nitrogen and oxygen atoms in total. The number of nitrogen functional groups attached to an aromatic ring is 1. The number of imidazole rings is 1. The number of anilines is 1. The Bertz CT molecular complexity index is 1080. The van der Waals surface area contributed by atoms with E-state index >= 15 is 0 Å². The molecule has 0 saturated carbocycles. The predicted octanol–water partition coefficient (Wildman–Crippen LogP) is 3.11. The van der Waals surface area contributed by atoms with Crippen LogP contribution in [0.2, 0.25) is 0 Å². The number of hydrogen-bond acceptors (Lipinski definition) is 5. The van der Waals surface area contributed by atoms with E-state index in [9.17, 15) is 13.7 Å². The van der Waals surface area contributed by atoms with Gasteiger partial charge in [0.15, 0.2) is 0 Å². The number of fused-ring (bicyclic) bond motifs is 1. The molecule has 2 aromatic rings. The summed E-state index contributed by atoms with van der Waals surface area (Å²) in [6.07, 6.45) is 7.56. The molecule has 2 unspecified atom stereocenters. The Hall–Kier alpha value is -2.85. The van der Waals surface area contributed by atoms with Gasteiger partial charge in [0.25, 0.3) is 0 Å². The van der Waals surface area contributed by atoms with Gasteiger partial charge in [-0.2, -0.15) is 5.26 Å². The summed E-state index contributed by atoms with van der Waals surface area (Å²) in [5.74, 6) is -0.735. The van der Waals surface area contributed by atoms with E-state index in [2.05, 4.69) is 17.6 Å². The van der Waals surface area contributed by atoms with Crippen molar-refractivity contribution < 1.29 is 8.42 Å². The van der Waals surface area contributed by atoms with E-state index in [1.165, 1.54) is 0 Å². The van der Waals surface area contributed by atoms with E-state index in [1.807, 2.05) is 24.3 Å². The van der Waals surface area contributed by atoms with Crippen LogP contribution in [-0.2, 0) is 10.0 Å².